The van der Waals surface area contributed by atoms with E-state index in [0.29, 0.717) is 48.5 Å². The highest BCUT2D eigenvalue weighted by Gasteiger charge is 2.17. The van der Waals surface area contributed by atoms with Crippen molar-refractivity contribution in [2.45, 2.75) is 39.5 Å². The number of hydrogen-bond donors (Lipinski definition) is 0. The Kier molecular flexibility index (Phi) is 8.30. The number of carbonyl (C=O) groups excluding carboxylic acids is 2. The Morgan fingerprint density at radius 1 is 1.03 bits per heavy atom. The van der Waals surface area contributed by atoms with Crippen molar-refractivity contribution in [2.75, 3.05) is 18.6 Å². The molecule has 0 radical (unpaired) electrons. The Morgan fingerprint density at radius 3 is 2.39 bits per heavy atom. The van der Waals surface area contributed by atoms with Gasteiger partial charge in [0.25, 0.3) is 0 Å². The predicted octanol–water partition coefficient (Wildman–Crippen LogP) is 5.86. The lowest BCUT2D eigenvalue weighted by Crippen LogP contribution is -2.31. The minimum atomic E-state index is -0.437. The van der Waals surface area contributed by atoms with Gasteiger partial charge in [0.15, 0.2) is 5.78 Å². The topological polar surface area (TPSA) is 59.5 Å². The van der Waals surface area contributed by atoms with E-state index < -0.39 is 5.82 Å². The number of anilines is 1. The highest BCUT2D eigenvalue weighted by molar-refractivity contribution is 5.97. The van der Waals surface area contributed by atoms with Gasteiger partial charge in [0, 0.05) is 36.7 Å². The predicted molar refractivity (Wildman–Crippen MR) is 128 cm³/mol. The summed E-state index contributed by atoms with van der Waals surface area (Å²) in [6.07, 6.45) is 3.60. The van der Waals surface area contributed by atoms with Crippen molar-refractivity contribution in [1.82, 2.24) is 4.98 Å². The Labute approximate surface area is 194 Å². The average Bonchev–Trinajstić information content (AvgIpc) is 2.85. The molecule has 0 fully saturated rings. The second-order valence-corrected chi connectivity index (χ2v) is 7.74. The van der Waals surface area contributed by atoms with Crippen LogP contribution in [0.25, 0.3) is 11.1 Å². The molecule has 6 heteroatoms. The molecule has 0 saturated carbocycles. The molecule has 0 saturated heterocycles. The third-order valence-corrected chi connectivity index (χ3v) is 5.49. The quantitative estimate of drug-likeness (QED) is 0.364. The molecule has 0 bridgehead atoms. The van der Waals surface area contributed by atoms with Crippen molar-refractivity contribution >= 4 is 17.4 Å². The van der Waals surface area contributed by atoms with Crippen LogP contribution in [0.15, 0.2) is 60.8 Å². The summed E-state index contributed by atoms with van der Waals surface area (Å²) in [7, 11) is 1.56. The Balaban J connectivity index is 1.72. The molecule has 0 aliphatic carbocycles. The molecule has 0 unspecified atom stereocenters. The van der Waals surface area contributed by atoms with Gasteiger partial charge in [-0.25, -0.2) is 9.37 Å². The van der Waals surface area contributed by atoms with Crippen LogP contribution in [0.3, 0.4) is 0 Å². The number of pyridine rings is 1. The lowest BCUT2D eigenvalue weighted by molar-refractivity contribution is -0.118. The summed E-state index contributed by atoms with van der Waals surface area (Å²) < 4.78 is 20.1. The van der Waals surface area contributed by atoms with E-state index in [1.54, 1.807) is 44.5 Å². The molecule has 1 amide bonds. The van der Waals surface area contributed by atoms with Crippen LogP contribution in [0.2, 0.25) is 0 Å². The number of ether oxygens (including phenoxy) is 1. The number of nitrogens with zero attached hydrogens (tertiary/aromatic N) is 2. The van der Waals surface area contributed by atoms with Gasteiger partial charge in [0.05, 0.1) is 12.8 Å². The zero-order valence-electron chi connectivity index (χ0n) is 19.3. The lowest BCUT2D eigenvalue weighted by atomic mass is 9.99. The van der Waals surface area contributed by atoms with Crippen molar-refractivity contribution in [3.8, 4) is 17.0 Å². The lowest BCUT2D eigenvalue weighted by Gasteiger charge is -2.22. The normalized spacial score (nSPS) is 10.7. The van der Waals surface area contributed by atoms with Gasteiger partial charge in [-0.2, -0.15) is 0 Å². The first-order valence-corrected chi connectivity index (χ1v) is 11.2. The molecule has 1 heterocycles. The van der Waals surface area contributed by atoms with Gasteiger partial charge in [0.2, 0.25) is 11.8 Å². The van der Waals surface area contributed by atoms with Gasteiger partial charge in [-0.05, 0) is 42.2 Å². The molecule has 2 aromatic carbocycles. The van der Waals surface area contributed by atoms with E-state index in [4.69, 9.17) is 4.74 Å². The number of carbonyl (C=O) groups is 2. The Morgan fingerprint density at radius 2 is 1.76 bits per heavy atom. The number of methoxy groups -OCH3 is 1. The van der Waals surface area contributed by atoms with Crippen LogP contribution in [0.1, 0.15) is 49.0 Å². The van der Waals surface area contributed by atoms with E-state index in [1.807, 2.05) is 31.2 Å². The number of halogens is 1. The largest absolute Gasteiger partial charge is 0.481 e. The minimum absolute atomic E-state index is 0.0160. The van der Waals surface area contributed by atoms with Gasteiger partial charge in [-0.1, -0.05) is 50.2 Å². The summed E-state index contributed by atoms with van der Waals surface area (Å²) in [5, 5.41) is 0. The molecule has 1 aromatic heterocycles. The second kappa shape index (κ2) is 11.4. The van der Waals surface area contributed by atoms with Crippen LogP contribution in [0, 0.1) is 5.82 Å². The molecule has 3 aromatic rings. The van der Waals surface area contributed by atoms with Crippen LogP contribution in [0.5, 0.6) is 5.88 Å². The van der Waals surface area contributed by atoms with Gasteiger partial charge >= 0.3 is 0 Å². The number of rotatable bonds is 10. The fourth-order valence-electron chi connectivity index (χ4n) is 3.74. The maximum absolute atomic E-state index is 14.9. The number of aryl methyl sites for hydroxylation is 1. The molecule has 5 nitrogen and oxygen atoms in total. The van der Waals surface area contributed by atoms with Gasteiger partial charge < -0.3 is 9.64 Å². The first-order valence-electron chi connectivity index (χ1n) is 11.2. The van der Waals surface area contributed by atoms with Crippen LogP contribution in [-0.4, -0.2) is 30.3 Å². The summed E-state index contributed by atoms with van der Waals surface area (Å²) in [5.41, 5.74) is 3.27. The van der Waals surface area contributed by atoms with Gasteiger partial charge in [0.1, 0.15) is 5.82 Å². The number of amides is 1. The van der Waals surface area contributed by atoms with Crippen LogP contribution >= 0.6 is 0 Å². The van der Waals surface area contributed by atoms with Crippen LogP contribution in [-0.2, 0) is 11.2 Å². The molecular formula is C27H29FN2O3. The number of Topliss-reactive ketones (excluding diaryl/α,β-unsaturated/α-hetero) is 1. The van der Waals surface area contributed by atoms with Crippen molar-refractivity contribution in [3.63, 3.8) is 0 Å². The fourth-order valence-corrected chi connectivity index (χ4v) is 3.74. The van der Waals surface area contributed by atoms with Gasteiger partial charge in [-0.3, -0.25) is 9.59 Å². The molecule has 0 N–H and O–H groups in total. The number of aromatic nitrogens is 1. The smallest absolute Gasteiger partial charge is 0.226 e. The SMILES string of the molecule is CCCN(C(=O)CC)c1ccc(-c2ccc(C(=O)CCc3cccnc3OC)cc2)cc1F. The zero-order chi connectivity index (χ0) is 23.8. The third-order valence-electron chi connectivity index (χ3n) is 5.49. The van der Waals surface area contributed by atoms with Crippen LogP contribution < -0.4 is 9.64 Å². The van der Waals surface area contributed by atoms with E-state index in [-0.39, 0.29) is 11.7 Å². The molecule has 172 valence electrons. The Bertz CT molecular complexity index is 1110. The first-order chi connectivity index (χ1) is 16.0. The molecule has 0 aliphatic rings. The van der Waals surface area contributed by atoms with Crippen molar-refractivity contribution in [3.05, 3.63) is 77.7 Å². The number of ketones is 1. The summed E-state index contributed by atoms with van der Waals surface area (Å²) in [5.74, 6) is 0.00937. The van der Waals surface area contributed by atoms with E-state index in [9.17, 15) is 14.0 Å². The van der Waals surface area contributed by atoms with E-state index in [0.717, 1.165) is 17.5 Å². The van der Waals surface area contributed by atoms with E-state index in [1.165, 1.54) is 11.0 Å². The number of hydrogen-bond acceptors (Lipinski definition) is 4. The van der Waals surface area contributed by atoms with Crippen molar-refractivity contribution < 1.29 is 18.7 Å². The average molecular weight is 449 g/mol. The van der Waals surface area contributed by atoms with Crippen molar-refractivity contribution in [1.29, 1.82) is 0 Å². The third kappa shape index (κ3) is 5.83. The zero-order valence-corrected chi connectivity index (χ0v) is 19.3. The summed E-state index contributed by atoms with van der Waals surface area (Å²) in [6.45, 7) is 4.20. The molecule has 0 aliphatic heterocycles. The second-order valence-electron chi connectivity index (χ2n) is 7.74. The first kappa shape index (κ1) is 24.1. The van der Waals surface area contributed by atoms with Gasteiger partial charge in [-0.15, -0.1) is 0 Å². The highest BCUT2D eigenvalue weighted by Crippen LogP contribution is 2.28. The molecule has 33 heavy (non-hydrogen) atoms. The summed E-state index contributed by atoms with van der Waals surface area (Å²) in [4.78, 5) is 30.5. The minimum Gasteiger partial charge on any atom is -0.481 e. The van der Waals surface area contributed by atoms with E-state index >= 15 is 0 Å². The van der Waals surface area contributed by atoms with Crippen molar-refractivity contribution in [2.24, 2.45) is 0 Å². The monoisotopic (exact) mass is 448 g/mol. The molecule has 0 spiro atoms. The summed E-state index contributed by atoms with van der Waals surface area (Å²) >= 11 is 0. The van der Waals surface area contributed by atoms with E-state index in [2.05, 4.69) is 4.98 Å². The maximum Gasteiger partial charge on any atom is 0.226 e. The molecule has 0 atom stereocenters. The number of benzene rings is 2. The fraction of sp³-hybridized carbons (Fsp3) is 0.296. The van der Waals surface area contributed by atoms with Crippen LogP contribution in [0.4, 0.5) is 10.1 Å². The molecular weight excluding hydrogens is 419 g/mol. The maximum atomic E-state index is 14.9. The molecule has 3 rings (SSSR count). The highest BCUT2D eigenvalue weighted by atomic mass is 19.1. The summed E-state index contributed by atoms with van der Waals surface area (Å²) in [6, 6.07) is 15.7. The standard InChI is InChI=1S/C27H29FN2O3/c1-4-17-30(26(32)5-2)24-14-12-22(18-23(24)28)19-8-10-20(11-9-19)25(31)15-13-21-7-6-16-29-27(21)33-3/h6-12,14,16,18H,4-5,13,15,17H2,1-3H3. The Hall–Kier alpha value is -3.54.